The topological polar surface area (TPSA) is 58.1 Å². The van der Waals surface area contributed by atoms with Gasteiger partial charge in [-0.3, -0.25) is 4.79 Å². The molecule has 3 heterocycles. The number of fused-ring (bicyclic) bond motifs is 1. The zero-order valence-electron chi connectivity index (χ0n) is 13.9. The number of piperazine rings is 1. The van der Waals surface area contributed by atoms with Crippen LogP contribution in [0.1, 0.15) is 24.3 Å². The number of thioether (sulfide) groups is 1. The Bertz CT molecular complexity index is 730. The molecule has 0 saturated carbocycles. The van der Waals surface area contributed by atoms with Crippen molar-refractivity contribution in [2.75, 3.05) is 18.8 Å². The van der Waals surface area contributed by atoms with E-state index in [1.807, 2.05) is 4.90 Å². The van der Waals surface area contributed by atoms with Crippen molar-refractivity contribution < 1.29 is 4.79 Å². The molecule has 7 heteroatoms. The first-order valence-corrected chi connectivity index (χ1v) is 9.65. The van der Waals surface area contributed by atoms with E-state index in [1.165, 1.54) is 22.2 Å². The van der Waals surface area contributed by atoms with E-state index >= 15 is 0 Å². The fourth-order valence-corrected chi connectivity index (χ4v) is 4.88. The van der Waals surface area contributed by atoms with Crippen LogP contribution in [0.25, 0.3) is 10.2 Å². The van der Waals surface area contributed by atoms with E-state index in [0.29, 0.717) is 11.8 Å². The molecule has 1 saturated heterocycles. The van der Waals surface area contributed by atoms with Crippen LogP contribution in [0, 0.1) is 13.8 Å². The fourth-order valence-electron chi connectivity index (χ4n) is 2.88. The van der Waals surface area contributed by atoms with Crippen molar-refractivity contribution in [2.24, 2.45) is 0 Å². The van der Waals surface area contributed by atoms with Gasteiger partial charge in [0.05, 0.1) is 5.75 Å². The second-order valence-electron chi connectivity index (χ2n) is 6.00. The first kappa shape index (κ1) is 16.7. The van der Waals surface area contributed by atoms with Gasteiger partial charge >= 0.3 is 0 Å². The average Bonchev–Trinajstić information content (AvgIpc) is 2.83. The van der Waals surface area contributed by atoms with Gasteiger partial charge in [0, 0.05) is 35.4 Å². The molecule has 0 bridgehead atoms. The summed E-state index contributed by atoms with van der Waals surface area (Å²) in [6.45, 7) is 10.1. The van der Waals surface area contributed by atoms with Gasteiger partial charge in [-0.2, -0.15) is 0 Å². The zero-order valence-corrected chi connectivity index (χ0v) is 15.6. The van der Waals surface area contributed by atoms with Crippen LogP contribution in [0.2, 0.25) is 0 Å². The molecule has 5 nitrogen and oxygen atoms in total. The summed E-state index contributed by atoms with van der Waals surface area (Å²) in [5, 5.41) is 5.43. The van der Waals surface area contributed by atoms with Crippen molar-refractivity contribution in [3.63, 3.8) is 0 Å². The summed E-state index contributed by atoms with van der Waals surface area (Å²) >= 11 is 3.21. The largest absolute Gasteiger partial charge is 0.336 e. The van der Waals surface area contributed by atoms with Gasteiger partial charge in [-0.15, -0.1) is 11.3 Å². The van der Waals surface area contributed by atoms with E-state index in [-0.39, 0.29) is 11.9 Å². The van der Waals surface area contributed by atoms with E-state index in [0.717, 1.165) is 28.3 Å². The molecule has 3 rings (SSSR count). The molecule has 2 aromatic rings. The smallest absolute Gasteiger partial charge is 0.233 e. The Morgan fingerprint density at radius 2 is 2.22 bits per heavy atom. The van der Waals surface area contributed by atoms with Gasteiger partial charge in [-0.05, 0) is 33.3 Å². The highest BCUT2D eigenvalue weighted by Gasteiger charge is 2.28. The number of rotatable bonds is 3. The molecule has 0 radical (unpaired) electrons. The van der Waals surface area contributed by atoms with Crippen LogP contribution in [-0.2, 0) is 4.79 Å². The van der Waals surface area contributed by atoms with Crippen LogP contribution in [0.15, 0.2) is 11.4 Å². The Hall–Kier alpha value is -1.18. The predicted octanol–water partition coefficient (Wildman–Crippen LogP) is 2.61. The van der Waals surface area contributed by atoms with Gasteiger partial charge in [-0.1, -0.05) is 11.8 Å². The number of nitrogens with one attached hydrogen (secondary N) is 1. The van der Waals surface area contributed by atoms with Gasteiger partial charge in [-0.25, -0.2) is 9.97 Å². The van der Waals surface area contributed by atoms with Crippen LogP contribution in [0.3, 0.4) is 0 Å². The van der Waals surface area contributed by atoms with Crippen molar-refractivity contribution in [1.82, 2.24) is 20.2 Å². The molecule has 1 amide bonds. The van der Waals surface area contributed by atoms with E-state index in [1.54, 1.807) is 17.7 Å². The third-order valence-corrected chi connectivity index (χ3v) is 6.71. The number of hydrogen-bond acceptors (Lipinski definition) is 6. The quantitative estimate of drug-likeness (QED) is 0.681. The minimum absolute atomic E-state index is 0.187. The molecule has 23 heavy (non-hydrogen) atoms. The normalized spacial score (nSPS) is 21.8. The van der Waals surface area contributed by atoms with Crippen LogP contribution < -0.4 is 5.32 Å². The summed E-state index contributed by atoms with van der Waals surface area (Å²) in [7, 11) is 0. The number of carbonyl (C=O) groups excluding carboxylic acids is 1. The molecule has 2 unspecified atom stereocenters. The Labute approximate surface area is 144 Å². The second kappa shape index (κ2) is 6.75. The summed E-state index contributed by atoms with van der Waals surface area (Å²) in [6, 6.07) is 0.567. The van der Waals surface area contributed by atoms with Crippen LogP contribution in [0.5, 0.6) is 0 Å². The number of aryl methyl sites for hydroxylation is 2. The van der Waals surface area contributed by atoms with Gasteiger partial charge in [0.1, 0.15) is 16.2 Å². The highest BCUT2D eigenvalue weighted by molar-refractivity contribution is 8.00. The maximum Gasteiger partial charge on any atom is 0.233 e. The van der Waals surface area contributed by atoms with Crippen LogP contribution in [0.4, 0.5) is 0 Å². The zero-order chi connectivity index (χ0) is 16.6. The van der Waals surface area contributed by atoms with Crippen LogP contribution >= 0.6 is 23.1 Å². The van der Waals surface area contributed by atoms with Gasteiger partial charge < -0.3 is 10.2 Å². The van der Waals surface area contributed by atoms with Gasteiger partial charge in [0.15, 0.2) is 0 Å². The molecule has 124 valence electrons. The molecular formula is C16H22N4OS2. The highest BCUT2D eigenvalue weighted by Crippen LogP contribution is 2.34. The fraction of sp³-hybridized carbons (Fsp3) is 0.562. The number of aromatic nitrogens is 2. The molecular weight excluding hydrogens is 328 g/mol. The molecule has 0 spiro atoms. The molecule has 1 aliphatic heterocycles. The summed E-state index contributed by atoms with van der Waals surface area (Å²) in [4.78, 5) is 25.6. The number of amides is 1. The lowest BCUT2D eigenvalue weighted by atomic mass is 10.1. The van der Waals surface area contributed by atoms with E-state index < -0.39 is 0 Å². The van der Waals surface area contributed by atoms with Crippen molar-refractivity contribution >= 4 is 39.2 Å². The summed E-state index contributed by atoms with van der Waals surface area (Å²) in [6.07, 6.45) is 1.60. The monoisotopic (exact) mass is 350 g/mol. The maximum absolute atomic E-state index is 12.6. The lowest BCUT2D eigenvalue weighted by molar-refractivity contribution is -0.131. The van der Waals surface area contributed by atoms with Crippen LogP contribution in [-0.4, -0.2) is 51.7 Å². The predicted molar refractivity (Wildman–Crippen MR) is 96.3 cm³/mol. The third-order valence-electron chi connectivity index (χ3n) is 4.62. The summed E-state index contributed by atoms with van der Waals surface area (Å²) < 4.78 is 0. The molecule has 2 aromatic heterocycles. The Balaban J connectivity index is 1.74. The second-order valence-corrected chi connectivity index (χ2v) is 8.17. The maximum atomic E-state index is 12.6. The van der Waals surface area contributed by atoms with Crippen molar-refractivity contribution in [2.45, 2.75) is 44.8 Å². The van der Waals surface area contributed by atoms with E-state index in [9.17, 15) is 4.79 Å². The average molecular weight is 351 g/mol. The minimum Gasteiger partial charge on any atom is -0.336 e. The highest BCUT2D eigenvalue weighted by atomic mass is 32.2. The lowest BCUT2D eigenvalue weighted by Gasteiger charge is -2.38. The van der Waals surface area contributed by atoms with E-state index in [4.69, 9.17) is 0 Å². The molecule has 1 aliphatic rings. The number of carbonyl (C=O) groups is 1. The first-order chi connectivity index (χ1) is 11.0. The first-order valence-electron chi connectivity index (χ1n) is 7.85. The van der Waals surface area contributed by atoms with E-state index in [2.05, 4.69) is 43.0 Å². The molecule has 1 N–H and O–H groups in total. The van der Waals surface area contributed by atoms with Gasteiger partial charge in [0.2, 0.25) is 5.91 Å². The summed E-state index contributed by atoms with van der Waals surface area (Å²) in [5.74, 6) is 0.615. The number of thiophene rings is 1. The molecule has 1 fully saturated rings. The molecule has 2 atom stereocenters. The van der Waals surface area contributed by atoms with Crippen molar-refractivity contribution in [1.29, 1.82) is 0 Å². The standard InChI is InChI=1S/C16H22N4OS2/c1-9-12(4)23-16-14(9)15(18-8-19-16)22-7-13(21)20-6-5-17-10(2)11(20)3/h8,10-11,17H,5-7H2,1-4H3. The molecule has 0 aliphatic carbocycles. The van der Waals surface area contributed by atoms with Crippen molar-refractivity contribution in [3.05, 3.63) is 16.8 Å². The molecule has 0 aromatic carbocycles. The minimum atomic E-state index is 0.187. The lowest BCUT2D eigenvalue weighted by Crippen LogP contribution is -2.57. The Morgan fingerprint density at radius 1 is 1.43 bits per heavy atom. The van der Waals surface area contributed by atoms with Crippen molar-refractivity contribution in [3.8, 4) is 0 Å². The van der Waals surface area contributed by atoms with Gasteiger partial charge in [0.25, 0.3) is 0 Å². The summed E-state index contributed by atoms with van der Waals surface area (Å²) in [5.41, 5.74) is 1.23. The Morgan fingerprint density at radius 3 is 3.00 bits per heavy atom. The Kier molecular flexibility index (Phi) is 4.89. The third kappa shape index (κ3) is 3.22. The number of nitrogens with zero attached hydrogens (tertiary/aromatic N) is 3. The number of hydrogen-bond donors (Lipinski definition) is 1. The SMILES string of the molecule is Cc1sc2ncnc(SCC(=O)N3CCNC(C)C3C)c2c1C.